The largest absolute Gasteiger partial charge is 0.358 e. The van der Waals surface area contributed by atoms with E-state index >= 15 is 0 Å². The molecule has 0 aromatic carbocycles. The summed E-state index contributed by atoms with van der Waals surface area (Å²) in [5.41, 5.74) is 16.4. The number of H-pyrrole nitrogens is 4. The maximum Gasteiger partial charge on any atom is 0.147 e. The van der Waals surface area contributed by atoms with Crippen LogP contribution in [0.5, 0.6) is 0 Å². The Labute approximate surface area is 454 Å². The molecule has 0 amide bonds. The van der Waals surface area contributed by atoms with Crippen molar-refractivity contribution < 1.29 is 0 Å². The van der Waals surface area contributed by atoms with Crippen LogP contribution in [0.4, 0.5) is 5.69 Å². The van der Waals surface area contributed by atoms with Gasteiger partial charge in [0.05, 0.1) is 62.9 Å². The van der Waals surface area contributed by atoms with Crippen molar-refractivity contribution in [2.45, 2.75) is 46.8 Å². The zero-order chi connectivity index (χ0) is 54.9. The maximum atomic E-state index is 4.69. The number of anilines is 1. The summed E-state index contributed by atoms with van der Waals surface area (Å²) >= 11 is 1.80. The second-order valence-corrected chi connectivity index (χ2v) is 20.9. The molecule has 0 aliphatic carbocycles. The van der Waals surface area contributed by atoms with Gasteiger partial charge in [0.2, 0.25) is 0 Å². The Morgan fingerprint density at radius 1 is 0.805 bits per heavy atom. The van der Waals surface area contributed by atoms with Gasteiger partial charge in [0.25, 0.3) is 0 Å². The first kappa shape index (κ1) is 54.6. The number of nitrogens with one attached hydrogen (secondary N) is 6. The Morgan fingerprint density at radius 2 is 1.51 bits per heavy atom. The van der Waals surface area contributed by atoms with Gasteiger partial charge in [-0.05, 0) is 133 Å². The molecule has 0 saturated carbocycles. The van der Waals surface area contributed by atoms with E-state index in [1.54, 1.807) is 36.6 Å². The van der Waals surface area contributed by atoms with Crippen LogP contribution in [0.2, 0.25) is 0 Å². The van der Waals surface area contributed by atoms with Crippen molar-refractivity contribution in [2.75, 3.05) is 46.6 Å². The third-order valence-corrected chi connectivity index (χ3v) is 13.3. The molecule has 17 heteroatoms. The summed E-state index contributed by atoms with van der Waals surface area (Å²) in [6.45, 7) is 30.4. The molecule has 0 unspecified atom stereocenters. The molecule has 16 nitrogen and oxygen atoms in total. The minimum absolute atomic E-state index is 0.517. The van der Waals surface area contributed by atoms with Crippen molar-refractivity contribution in [1.29, 1.82) is 0 Å². The first-order valence-electron chi connectivity index (χ1n) is 25.2. The summed E-state index contributed by atoms with van der Waals surface area (Å²) in [5, 5.41) is 29.9. The highest BCUT2D eigenvalue weighted by Crippen LogP contribution is 2.33. The highest BCUT2D eigenvalue weighted by Gasteiger charge is 2.17. The highest BCUT2D eigenvalue weighted by molar-refractivity contribution is 8.02. The first-order valence-corrected chi connectivity index (χ1v) is 26.2. The number of allylic oxidation sites excluding steroid dienone is 6. The van der Waals surface area contributed by atoms with Crippen LogP contribution < -0.4 is 21.2 Å². The van der Waals surface area contributed by atoms with Crippen molar-refractivity contribution in [3.63, 3.8) is 0 Å². The smallest absolute Gasteiger partial charge is 0.147 e. The van der Waals surface area contributed by atoms with E-state index < -0.39 is 0 Å². The van der Waals surface area contributed by atoms with Gasteiger partial charge in [-0.15, -0.1) is 11.8 Å². The molecule has 6 N–H and O–H groups in total. The number of likely N-dealkylation sites (N-methyl/N-ethyl adjacent to an activating group) is 2. The molecule has 0 radical (unpaired) electrons. The molecule has 0 saturated heterocycles. The van der Waals surface area contributed by atoms with Gasteiger partial charge >= 0.3 is 0 Å². The number of aryl methyl sites for hydroxylation is 1. The van der Waals surface area contributed by atoms with E-state index in [-0.39, 0.29) is 0 Å². The van der Waals surface area contributed by atoms with E-state index in [0.717, 1.165) is 147 Å². The average Bonchev–Trinajstić information content (AvgIpc) is 4.27. The van der Waals surface area contributed by atoms with E-state index in [9.17, 15) is 0 Å². The number of nitrogens with zero attached hydrogens (tertiary/aromatic N) is 10. The van der Waals surface area contributed by atoms with Crippen LogP contribution >= 0.6 is 11.8 Å². The minimum Gasteiger partial charge on any atom is -0.358 e. The number of imidazole rings is 1. The molecule has 0 spiro atoms. The zero-order valence-corrected chi connectivity index (χ0v) is 46.5. The second kappa shape index (κ2) is 24.4. The van der Waals surface area contributed by atoms with E-state index in [0.29, 0.717) is 5.25 Å². The van der Waals surface area contributed by atoms with Crippen molar-refractivity contribution in [3.8, 4) is 28.6 Å². The molecule has 0 aliphatic rings. The minimum atomic E-state index is 0.517. The molecule has 9 aromatic heterocycles. The molecule has 0 atom stereocenters. The van der Waals surface area contributed by atoms with Crippen LogP contribution in [-0.4, -0.2) is 116 Å². The summed E-state index contributed by atoms with van der Waals surface area (Å²) in [6.07, 6.45) is 22.7. The van der Waals surface area contributed by atoms with Gasteiger partial charge in [-0.1, -0.05) is 52.3 Å². The average molecular weight is 1050 g/mol. The molecule has 0 aliphatic heterocycles. The van der Waals surface area contributed by atoms with Gasteiger partial charge in [-0.25, -0.2) is 9.97 Å². The number of hydrogen-bond acceptors (Lipinski definition) is 12. The Morgan fingerprint density at radius 3 is 2.19 bits per heavy atom. The molecule has 9 aromatic rings. The van der Waals surface area contributed by atoms with Gasteiger partial charge in [-0.2, -0.15) is 10.2 Å². The van der Waals surface area contributed by atoms with Crippen LogP contribution in [0.15, 0.2) is 147 Å². The SMILES string of the molecule is C=C(CN(C)C)Nc1cncc(C(=C)/C=c2/c(-c3cc4c(/C(C)=C/SC(C)C)nccc4[nH]3)n[nH]/c2=C/C)c1.C=C/C(=C\C(=C/C)c1cc2c(-c3cc4c(-n5cnc(C)c5)nccc4[nH]3)n[nH]c2cn1)NC(=C)CN(C)C. The molecule has 77 heavy (non-hydrogen) atoms. The molecule has 0 bridgehead atoms. The standard InChI is InChI=1S/C31H37N7S.C29H31N9/c1-9-27-25(12-20(4)23-13-24(16-32-15-23)34-22(6)17-38(7)8)31(37-36-27)29-14-26-28(35-29)10-11-33-30(26)21(5)18-39-19(2)3;1-7-20(11-21(8-2)33-19(4)15-37(5)6)25-12-22-27(14-31-25)35-36-28(22)26-13-23-24(34-26)9-10-30-29(23)38-16-18(3)32-17-38/h9-16,18-19,34-36H,4,6,17H2,1-3,5,7-8H3;7-14,16-17,33-34H,2,4,15H2,1,3,5-6H3,(H,35,36)/b21-18+,25-12+,27-9+;20-7+,21-11+. The van der Waals surface area contributed by atoms with Crippen LogP contribution in [0, 0.1) is 6.92 Å². The fraction of sp³-hybridized carbons (Fsp3) is 0.217. The Hall–Kier alpha value is -8.64. The number of rotatable bonds is 19. The van der Waals surface area contributed by atoms with Gasteiger partial charge in [-0.3, -0.25) is 29.7 Å². The van der Waals surface area contributed by atoms with Crippen LogP contribution in [0.1, 0.15) is 57.3 Å². The van der Waals surface area contributed by atoms with E-state index in [1.165, 1.54) is 0 Å². The van der Waals surface area contributed by atoms with Crippen molar-refractivity contribution in [2.24, 2.45) is 0 Å². The zero-order valence-electron chi connectivity index (χ0n) is 45.7. The molecule has 9 rings (SSSR count). The molecular formula is C60H68N16S. The van der Waals surface area contributed by atoms with Crippen LogP contribution in [0.25, 0.3) is 90.2 Å². The lowest BCUT2D eigenvalue weighted by molar-refractivity contribution is 0.438. The molecule has 0 fully saturated rings. The van der Waals surface area contributed by atoms with Gasteiger partial charge in [0.15, 0.2) is 0 Å². The lowest BCUT2D eigenvalue weighted by Gasteiger charge is -2.15. The third-order valence-electron chi connectivity index (χ3n) is 12.2. The normalized spacial score (nSPS) is 12.9. The third kappa shape index (κ3) is 13.1. The van der Waals surface area contributed by atoms with Gasteiger partial charge in [0, 0.05) is 92.7 Å². The summed E-state index contributed by atoms with van der Waals surface area (Å²) in [7, 11) is 8.04. The lowest BCUT2D eigenvalue weighted by Crippen LogP contribution is -2.23. The van der Waals surface area contributed by atoms with Gasteiger partial charge < -0.3 is 30.4 Å². The Bertz CT molecular complexity index is 3870. The van der Waals surface area contributed by atoms with E-state index in [2.05, 4.69) is 148 Å². The van der Waals surface area contributed by atoms with Gasteiger partial charge in [0.1, 0.15) is 23.5 Å². The summed E-state index contributed by atoms with van der Waals surface area (Å²) in [5.74, 6) is 0.814. The monoisotopic (exact) mass is 1040 g/mol. The summed E-state index contributed by atoms with van der Waals surface area (Å²) < 4.78 is 1.93. The Balaban J connectivity index is 0.000000204. The topological polar surface area (TPSA) is 189 Å². The number of pyridine rings is 4. The number of aromatic nitrogens is 12. The lowest BCUT2D eigenvalue weighted by atomic mass is 10.1. The summed E-state index contributed by atoms with van der Waals surface area (Å²) in [6, 6.07) is 12.3. The molecule has 394 valence electrons. The predicted molar refractivity (Wildman–Crippen MR) is 322 cm³/mol. The fourth-order valence-corrected chi connectivity index (χ4v) is 9.31. The first-order chi connectivity index (χ1) is 37.0. The Kier molecular flexibility index (Phi) is 17.3. The van der Waals surface area contributed by atoms with Crippen molar-refractivity contribution >= 4 is 79.0 Å². The quantitative estimate of drug-likeness (QED) is 0.0421. The summed E-state index contributed by atoms with van der Waals surface area (Å²) in [4.78, 5) is 33.9. The molecule has 9 heterocycles. The number of thioether (sulfide) groups is 1. The van der Waals surface area contributed by atoms with Crippen molar-refractivity contribution in [1.82, 2.24) is 75.0 Å². The van der Waals surface area contributed by atoms with Crippen LogP contribution in [0.3, 0.4) is 0 Å². The van der Waals surface area contributed by atoms with Crippen LogP contribution in [-0.2, 0) is 0 Å². The predicted octanol–water partition coefficient (Wildman–Crippen LogP) is 10.8. The molecular weight excluding hydrogens is 977 g/mol. The van der Waals surface area contributed by atoms with E-state index in [4.69, 9.17) is 4.98 Å². The maximum absolute atomic E-state index is 4.69. The number of hydrogen-bond donors (Lipinski definition) is 6. The highest BCUT2D eigenvalue weighted by atomic mass is 32.2. The van der Waals surface area contributed by atoms with Crippen molar-refractivity contribution in [3.05, 3.63) is 180 Å². The van der Waals surface area contributed by atoms with E-state index in [1.807, 2.05) is 115 Å². The number of fused-ring (bicyclic) bond motifs is 3. The fourth-order valence-electron chi connectivity index (χ4n) is 8.73. The second-order valence-electron chi connectivity index (χ2n) is 19.5. The number of aromatic amines is 4.